The molecule has 1 N–H and O–H groups in total. The third kappa shape index (κ3) is 3.41. The Hall–Kier alpha value is -0.710. The molecule has 6 heteroatoms. The van der Waals surface area contributed by atoms with Gasteiger partial charge in [-0.1, -0.05) is 29.3 Å². The minimum absolute atomic E-state index is 0.0365. The molecule has 0 atom stereocenters. The highest BCUT2D eigenvalue weighted by Gasteiger charge is 2.02. The summed E-state index contributed by atoms with van der Waals surface area (Å²) >= 11 is 15.7. The average molecular weight is 262 g/mol. The summed E-state index contributed by atoms with van der Waals surface area (Å²) in [4.78, 5) is 0. The highest BCUT2D eigenvalue weighted by Crippen LogP contribution is 2.22. The van der Waals surface area contributed by atoms with Gasteiger partial charge in [0.2, 0.25) is 0 Å². The van der Waals surface area contributed by atoms with Crippen LogP contribution in [-0.2, 0) is 0 Å². The van der Waals surface area contributed by atoms with Crippen molar-refractivity contribution in [2.75, 3.05) is 7.05 Å². The molecule has 3 nitrogen and oxygen atoms in total. The van der Waals surface area contributed by atoms with Crippen LogP contribution in [0, 0.1) is 5.41 Å². The van der Waals surface area contributed by atoms with Gasteiger partial charge in [0.05, 0.1) is 16.3 Å². The number of nitrogens with zero attached hydrogens (tertiary/aromatic N) is 2. The molecule has 0 amide bonds. The van der Waals surface area contributed by atoms with Crippen molar-refractivity contribution >= 4 is 47.2 Å². The molecular weight excluding hydrogens is 253 g/mol. The fourth-order valence-electron chi connectivity index (χ4n) is 0.833. The fraction of sp³-hybridized carbons (Fsp3) is 0.111. The Balaban J connectivity index is 2.94. The van der Waals surface area contributed by atoms with Crippen LogP contribution in [0.3, 0.4) is 0 Å². The summed E-state index contributed by atoms with van der Waals surface area (Å²) in [5, 5.41) is 13.5. The first-order chi connectivity index (χ1) is 7.02. The summed E-state index contributed by atoms with van der Waals surface area (Å²) < 4.78 is 0. The van der Waals surface area contributed by atoms with Crippen LogP contribution in [0.4, 0.5) is 0 Å². The normalized spacial score (nSPS) is 10.7. The molecule has 1 rings (SSSR count). The molecule has 0 aliphatic carbocycles. The third-order valence-electron chi connectivity index (χ3n) is 1.67. The molecule has 0 spiro atoms. The van der Waals surface area contributed by atoms with E-state index in [0.717, 1.165) is 0 Å². The Morgan fingerprint density at radius 1 is 1.47 bits per heavy atom. The predicted molar refractivity (Wildman–Crippen MR) is 68.5 cm³/mol. The van der Waals surface area contributed by atoms with E-state index in [1.165, 1.54) is 11.2 Å². The SMILES string of the molecule is CN(/N=C/c1c(Cl)cccc1Cl)C(=N)S. The van der Waals surface area contributed by atoms with Crippen molar-refractivity contribution < 1.29 is 0 Å². The molecule has 0 unspecified atom stereocenters. The van der Waals surface area contributed by atoms with E-state index >= 15 is 0 Å². The predicted octanol–water partition coefficient (Wildman–Crippen LogP) is 3.12. The van der Waals surface area contributed by atoms with E-state index in [-0.39, 0.29) is 5.17 Å². The van der Waals surface area contributed by atoms with Crippen LogP contribution in [-0.4, -0.2) is 23.4 Å². The summed E-state index contributed by atoms with van der Waals surface area (Å²) in [6, 6.07) is 5.20. The smallest absolute Gasteiger partial charge is 0.173 e. The number of hydrogen-bond donors (Lipinski definition) is 2. The lowest BCUT2D eigenvalue weighted by molar-refractivity contribution is 0.556. The van der Waals surface area contributed by atoms with Gasteiger partial charge in [-0.15, -0.1) is 12.6 Å². The van der Waals surface area contributed by atoms with Crippen LogP contribution in [0.5, 0.6) is 0 Å². The summed E-state index contributed by atoms with van der Waals surface area (Å²) in [5.74, 6) is 0. The van der Waals surface area contributed by atoms with Crippen molar-refractivity contribution in [2.45, 2.75) is 0 Å². The van der Waals surface area contributed by atoms with Gasteiger partial charge < -0.3 is 0 Å². The standard InChI is InChI=1S/C9H9Cl2N3S/c1-14(9(12)15)13-5-6-7(10)3-2-4-8(6)11/h2-5H,1H3,(H2,12,15)/b13-5+. The third-order valence-corrected chi connectivity index (χ3v) is 2.61. The molecule has 0 radical (unpaired) electrons. The maximum absolute atomic E-state index is 7.18. The van der Waals surface area contributed by atoms with Crippen LogP contribution in [0.15, 0.2) is 23.3 Å². The molecule has 1 aromatic carbocycles. The Morgan fingerprint density at radius 3 is 2.47 bits per heavy atom. The van der Waals surface area contributed by atoms with Gasteiger partial charge in [0.15, 0.2) is 5.17 Å². The number of rotatable bonds is 2. The quantitative estimate of drug-likeness (QED) is 0.365. The maximum Gasteiger partial charge on any atom is 0.173 e. The van der Waals surface area contributed by atoms with Gasteiger partial charge in [0.1, 0.15) is 0 Å². The van der Waals surface area contributed by atoms with E-state index in [1.807, 2.05) is 0 Å². The Kier molecular flexibility index (Phi) is 4.45. The van der Waals surface area contributed by atoms with Gasteiger partial charge in [-0.2, -0.15) is 5.10 Å². The molecule has 0 bridgehead atoms. The average Bonchev–Trinajstić information content (AvgIpc) is 2.16. The maximum atomic E-state index is 7.18. The lowest BCUT2D eigenvalue weighted by Gasteiger charge is -2.08. The van der Waals surface area contributed by atoms with E-state index in [4.69, 9.17) is 28.6 Å². The second-order valence-corrected chi connectivity index (χ2v) is 3.97. The van der Waals surface area contributed by atoms with Crippen LogP contribution in [0.1, 0.15) is 5.56 Å². The zero-order valence-electron chi connectivity index (χ0n) is 7.91. The monoisotopic (exact) mass is 261 g/mol. The zero-order valence-corrected chi connectivity index (χ0v) is 10.3. The topological polar surface area (TPSA) is 39.5 Å². The number of halogens is 2. The first kappa shape index (κ1) is 12.4. The van der Waals surface area contributed by atoms with E-state index < -0.39 is 0 Å². The summed E-state index contributed by atoms with van der Waals surface area (Å²) in [6.45, 7) is 0. The van der Waals surface area contributed by atoms with Gasteiger partial charge in [-0.05, 0) is 12.1 Å². The molecule has 0 saturated heterocycles. The van der Waals surface area contributed by atoms with Gasteiger partial charge in [-0.25, -0.2) is 5.01 Å². The van der Waals surface area contributed by atoms with Crippen molar-refractivity contribution in [1.29, 1.82) is 5.41 Å². The summed E-state index contributed by atoms with van der Waals surface area (Å²) in [7, 11) is 1.61. The van der Waals surface area contributed by atoms with Gasteiger partial charge in [-0.3, -0.25) is 5.41 Å². The van der Waals surface area contributed by atoms with E-state index in [2.05, 4.69) is 17.7 Å². The molecule has 0 heterocycles. The van der Waals surface area contributed by atoms with Gasteiger partial charge in [0, 0.05) is 12.6 Å². The summed E-state index contributed by atoms with van der Waals surface area (Å²) in [6.07, 6.45) is 1.50. The Morgan fingerprint density at radius 2 is 2.00 bits per heavy atom. The van der Waals surface area contributed by atoms with Crippen molar-refractivity contribution in [3.05, 3.63) is 33.8 Å². The van der Waals surface area contributed by atoms with E-state index in [0.29, 0.717) is 15.6 Å². The molecular formula is C9H9Cl2N3S. The molecule has 0 fully saturated rings. The number of hydrazone groups is 1. The number of hydrogen-bond acceptors (Lipinski definition) is 2. The molecule has 0 aliphatic rings. The largest absolute Gasteiger partial charge is 0.277 e. The van der Waals surface area contributed by atoms with Crippen LogP contribution in [0.25, 0.3) is 0 Å². The minimum atomic E-state index is 0.0365. The highest BCUT2D eigenvalue weighted by molar-refractivity contribution is 7.96. The zero-order chi connectivity index (χ0) is 11.4. The van der Waals surface area contributed by atoms with Crippen molar-refractivity contribution in [3.8, 4) is 0 Å². The first-order valence-electron chi connectivity index (χ1n) is 4.01. The fourth-order valence-corrected chi connectivity index (χ4v) is 1.38. The van der Waals surface area contributed by atoms with E-state index in [9.17, 15) is 0 Å². The molecule has 0 aromatic heterocycles. The molecule has 80 valence electrons. The van der Waals surface area contributed by atoms with Crippen LogP contribution in [0.2, 0.25) is 10.0 Å². The number of amidine groups is 1. The number of benzene rings is 1. The van der Waals surface area contributed by atoms with Gasteiger partial charge >= 0.3 is 0 Å². The highest BCUT2D eigenvalue weighted by atomic mass is 35.5. The lowest BCUT2D eigenvalue weighted by atomic mass is 10.2. The Bertz CT molecular complexity index is 386. The van der Waals surface area contributed by atoms with E-state index in [1.54, 1.807) is 25.2 Å². The first-order valence-corrected chi connectivity index (χ1v) is 5.22. The number of nitrogens with one attached hydrogen (secondary N) is 1. The van der Waals surface area contributed by atoms with Crippen molar-refractivity contribution in [3.63, 3.8) is 0 Å². The molecule has 0 aliphatic heterocycles. The summed E-state index contributed by atoms with van der Waals surface area (Å²) in [5.41, 5.74) is 0.627. The second kappa shape index (κ2) is 5.39. The minimum Gasteiger partial charge on any atom is -0.277 e. The van der Waals surface area contributed by atoms with Gasteiger partial charge in [0.25, 0.3) is 0 Å². The van der Waals surface area contributed by atoms with Crippen molar-refractivity contribution in [1.82, 2.24) is 5.01 Å². The molecule has 0 saturated carbocycles. The Labute approximate surface area is 104 Å². The second-order valence-electron chi connectivity index (χ2n) is 2.73. The van der Waals surface area contributed by atoms with Crippen molar-refractivity contribution in [2.24, 2.45) is 5.10 Å². The number of thiol groups is 1. The lowest BCUT2D eigenvalue weighted by Crippen LogP contribution is -2.14. The molecule has 1 aromatic rings. The van der Waals surface area contributed by atoms with Crippen LogP contribution >= 0.6 is 35.8 Å². The van der Waals surface area contributed by atoms with Crippen LogP contribution < -0.4 is 0 Å². The molecule has 15 heavy (non-hydrogen) atoms.